The molecule has 0 unspecified atom stereocenters. The van der Waals surface area contributed by atoms with E-state index in [9.17, 15) is 0 Å². The summed E-state index contributed by atoms with van der Waals surface area (Å²) in [6.45, 7) is 9.43. The molecule has 0 atom stereocenters. The maximum atomic E-state index is 5.85. The molecule has 100 valence electrons. The molecule has 1 aromatic rings. The molecule has 1 fully saturated rings. The summed E-state index contributed by atoms with van der Waals surface area (Å²) >= 11 is 0. The Labute approximate surface area is 110 Å². The van der Waals surface area contributed by atoms with Crippen LogP contribution in [0.4, 0.5) is 5.82 Å². The van der Waals surface area contributed by atoms with Crippen LogP contribution in [0.1, 0.15) is 51.3 Å². The van der Waals surface area contributed by atoms with Crippen LogP contribution in [0.15, 0.2) is 12.1 Å². The highest BCUT2D eigenvalue weighted by Gasteiger charge is 2.20. The first-order chi connectivity index (χ1) is 8.52. The lowest BCUT2D eigenvalue weighted by Gasteiger charge is -2.31. The smallest absolute Gasteiger partial charge is 0.133 e. The van der Waals surface area contributed by atoms with Crippen LogP contribution in [-0.2, 0) is 12.0 Å². The van der Waals surface area contributed by atoms with Gasteiger partial charge in [0.2, 0.25) is 0 Å². The molecule has 1 aliphatic heterocycles. The topological polar surface area (TPSA) is 42.1 Å². The fourth-order valence-electron chi connectivity index (χ4n) is 2.43. The fraction of sp³-hybridized carbons (Fsp3) is 0.667. The van der Waals surface area contributed by atoms with Gasteiger partial charge in [0.1, 0.15) is 5.82 Å². The Morgan fingerprint density at radius 1 is 1.17 bits per heavy atom. The van der Waals surface area contributed by atoms with E-state index in [0.29, 0.717) is 6.54 Å². The van der Waals surface area contributed by atoms with Crippen LogP contribution in [0.2, 0.25) is 0 Å². The molecular formula is C15H25N3. The average molecular weight is 247 g/mol. The number of aromatic nitrogens is 1. The molecule has 2 N–H and O–H groups in total. The van der Waals surface area contributed by atoms with E-state index in [1.807, 2.05) is 0 Å². The molecule has 3 heteroatoms. The van der Waals surface area contributed by atoms with Crippen LogP contribution in [0.3, 0.4) is 0 Å². The van der Waals surface area contributed by atoms with E-state index in [4.69, 9.17) is 10.7 Å². The van der Waals surface area contributed by atoms with E-state index < -0.39 is 0 Å². The Morgan fingerprint density at radius 2 is 1.83 bits per heavy atom. The lowest BCUT2D eigenvalue weighted by atomic mass is 9.91. The van der Waals surface area contributed by atoms with Crippen molar-refractivity contribution in [2.24, 2.45) is 5.73 Å². The lowest BCUT2D eigenvalue weighted by Crippen LogP contribution is -2.32. The second kappa shape index (κ2) is 5.27. The Bertz CT molecular complexity index is 401. The van der Waals surface area contributed by atoms with Crippen LogP contribution in [0, 0.1) is 0 Å². The Kier molecular flexibility index (Phi) is 3.91. The van der Waals surface area contributed by atoms with Gasteiger partial charge in [-0.2, -0.15) is 0 Å². The van der Waals surface area contributed by atoms with Gasteiger partial charge in [0, 0.05) is 36.3 Å². The van der Waals surface area contributed by atoms with Crippen molar-refractivity contribution in [2.75, 3.05) is 18.0 Å². The Morgan fingerprint density at radius 3 is 2.39 bits per heavy atom. The van der Waals surface area contributed by atoms with Crippen molar-refractivity contribution in [2.45, 2.75) is 52.0 Å². The van der Waals surface area contributed by atoms with Crippen molar-refractivity contribution < 1.29 is 0 Å². The van der Waals surface area contributed by atoms with Gasteiger partial charge in [-0.1, -0.05) is 26.8 Å². The van der Waals surface area contributed by atoms with E-state index >= 15 is 0 Å². The van der Waals surface area contributed by atoms with E-state index in [2.05, 4.69) is 37.8 Å². The number of hydrogen-bond donors (Lipinski definition) is 1. The number of pyridine rings is 1. The largest absolute Gasteiger partial charge is 0.356 e. The van der Waals surface area contributed by atoms with Gasteiger partial charge in [-0.15, -0.1) is 0 Å². The van der Waals surface area contributed by atoms with E-state index in [1.165, 1.54) is 24.8 Å². The summed E-state index contributed by atoms with van der Waals surface area (Å²) in [4.78, 5) is 7.29. The minimum Gasteiger partial charge on any atom is -0.356 e. The van der Waals surface area contributed by atoms with Crippen molar-refractivity contribution >= 4 is 5.82 Å². The van der Waals surface area contributed by atoms with Gasteiger partial charge in [-0.25, -0.2) is 4.98 Å². The molecule has 0 saturated carbocycles. The van der Waals surface area contributed by atoms with Crippen LogP contribution < -0.4 is 10.6 Å². The molecule has 1 aromatic heterocycles. The van der Waals surface area contributed by atoms with E-state index in [-0.39, 0.29) is 5.41 Å². The zero-order valence-corrected chi connectivity index (χ0v) is 11.9. The predicted octanol–water partition coefficient (Wildman–Crippen LogP) is 2.83. The summed E-state index contributed by atoms with van der Waals surface area (Å²) < 4.78 is 0. The molecule has 0 radical (unpaired) electrons. The van der Waals surface area contributed by atoms with Gasteiger partial charge in [0.15, 0.2) is 0 Å². The second-order valence-electron chi connectivity index (χ2n) is 6.18. The van der Waals surface area contributed by atoms with Crippen LogP contribution >= 0.6 is 0 Å². The monoisotopic (exact) mass is 247 g/mol. The molecule has 0 spiro atoms. The first-order valence-corrected chi connectivity index (χ1v) is 6.98. The van der Waals surface area contributed by atoms with Gasteiger partial charge < -0.3 is 10.6 Å². The van der Waals surface area contributed by atoms with Crippen molar-refractivity contribution in [3.05, 3.63) is 23.4 Å². The van der Waals surface area contributed by atoms with Crippen LogP contribution in [-0.4, -0.2) is 18.1 Å². The molecule has 0 aliphatic carbocycles. The van der Waals surface area contributed by atoms with Crippen LogP contribution in [0.5, 0.6) is 0 Å². The number of hydrogen-bond acceptors (Lipinski definition) is 3. The zero-order valence-electron chi connectivity index (χ0n) is 11.9. The van der Waals surface area contributed by atoms with Crippen LogP contribution in [0.25, 0.3) is 0 Å². The molecule has 0 aromatic carbocycles. The first kappa shape index (κ1) is 13.3. The number of anilines is 1. The summed E-state index contributed by atoms with van der Waals surface area (Å²) in [5, 5.41) is 0. The standard InChI is InChI=1S/C15H25N3/c1-15(2,3)13-8-7-12(11-16)14(17-13)18-9-5-4-6-10-18/h7-8H,4-6,9-11,16H2,1-3H3. The van der Waals surface area contributed by atoms with Crippen molar-refractivity contribution in [3.8, 4) is 0 Å². The highest BCUT2D eigenvalue weighted by Crippen LogP contribution is 2.27. The third-order valence-corrected chi connectivity index (χ3v) is 3.60. The van der Waals surface area contributed by atoms with E-state index in [1.54, 1.807) is 0 Å². The third-order valence-electron chi connectivity index (χ3n) is 3.60. The average Bonchev–Trinajstić information content (AvgIpc) is 2.38. The highest BCUT2D eigenvalue weighted by atomic mass is 15.2. The molecule has 1 aliphatic rings. The zero-order chi connectivity index (χ0) is 13.2. The summed E-state index contributed by atoms with van der Waals surface area (Å²) in [6.07, 6.45) is 3.88. The van der Waals surface area contributed by atoms with E-state index in [0.717, 1.165) is 24.6 Å². The summed E-state index contributed by atoms with van der Waals surface area (Å²) in [6, 6.07) is 4.27. The minimum atomic E-state index is 0.0949. The molecule has 2 rings (SSSR count). The molecule has 2 heterocycles. The van der Waals surface area contributed by atoms with Gasteiger partial charge in [-0.05, 0) is 25.3 Å². The number of piperidine rings is 1. The quantitative estimate of drug-likeness (QED) is 0.874. The molecule has 18 heavy (non-hydrogen) atoms. The van der Waals surface area contributed by atoms with Gasteiger partial charge >= 0.3 is 0 Å². The maximum Gasteiger partial charge on any atom is 0.133 e. The summed E-state index contributed by atoms with van der Waals surface area (Å²) in [5.74, 6) is 1.12. The summed E-state index contributed by atoms with van der Waals surface area (Å²) in [7, 11) is 0. The normalized spacial score (nSPS) is 17.0. The Hall–Kier alpha value is -1.09. The van der Waals surface area contributed by atoms with Crippen molar-refractivity contribution in [1.82, 2.24) is 4.98 Å². The Balaban J connectivity index is 2.35. The molecule has 0 amide bonds. The molecule has 0 bridgehead atoms. The highest BCUT2D eigenvalue weighted by molar-refractivity contribution is 5.48. The third kappa shape index (κ3) is 2.83. The second-order valence-corrected chi connectivity index (χ2v) is 6.18. The number of nitrogens with zero attached hydrogens (tertiary/aromatic N) is 2. The van der Waals surface area contributed by atoms with Crippen molar-refractivity contribution in [3.63, 3.8) is 0 Å². The maximum absolute atomic E-state index is 5.85. The number of nitrogens with two attached hydrogens (primary N) is 1. The van der Waals surface area contributed by atoms with Gasteiger partial charge in [0.25, 0.3) is 0 Å². The predicted molar refractivity (Wildman–Crippen MR) is 76.9 cm³/mol. The minimum absolute atomic E-state index is 0.0949. The fourth-order valence-corrected chi connectivity index (χ4v) is 2.43. The summed E-state index contributed by atoms with van der Waals surface area (Å²) in [5.41, 5.74) is 8.27. The number of rotatable bonds is 2. The molecular weight excluding hydrogens is 222 g/mol. The van der Waals surface area contributed by atoms with Gasteiger partial charge in [-0.3, -0.25) is 0 Å². The molecule has 1 saturated heterocycles. The molecule has 3 nitrogen and oxygen atoms in total. The van der Waals surface area contributed by atoms with Gasteiger partial charge in [0.05, 0.1) is 0 Å². The van der Waals surface area contributed by atoms with Crippen molar-refractivity contribution in [1.29, 1.82) is 0 Å². The SMILES string of the molecule is CC(C)(C)c1ccc(CN)c(N2CCCCC2)n1. The lowest BCUT2D eigenvalue weighted by molar-refractivity contribution is 0.551. The first-order valence-electron chi connectivity index (χ1n) is 6.98.